The molecule has 7 aromatic carbocycles. The van der Waals surface area contributed by atoms with Gasteiger partial charge in [-0.05, 0) is 148 Å². The Bertz CT molecular complexity index is 3920. The van der Waals surface area contributed by atoms with Crippen molar-refractivity contribution in [1.29, 1.82) is 0 Å². The standard InChI is InChI=1S/C65H66N4O/c1-42(2)33-44-35-53(45-18-15-17-43(3)34-45)62(54(36-44)46-25-28-55-56(37-46)65(9,10)31-30-64(55,7)8)68-41-67(58-23-13-14-24-59(58)68)48-19-16-20-49(39-48)70-50-26-27-52-51-21-11-12-22-57(51)69(60(52)40-50)61-38-47(29-32-66-61)63(4,5)6/h11-29,32,34-40,42H,30-31,33,41H2,1-10H3/i3D3,15D,17D,18D,33D2,34D. The fraction of sp³-hybridized carbons (Fsp3) is 0.277. The zero-order valence-corrected chi connectivity index (χ0v) is 41.7. The predicted molar refractivity (Wildman–Crippen MR) is 295 cm³/mol. The van der Waals surface area contributed by atoms with Crippen LogP contribution >= 0.6 is 0 Å². The highest BCUT2D eigenvalue weighted by Gasteiger charge is 2.38. The van der Waals surface area contributed by atoms with E-state index in [0.717, 1.165) is 63.1 Å². The Balaban J connectivity index is 1.09. The van der Waals surface area contributed by atoms with E-state index in [4.69, 9.17) is 16.6 Å². The van der Waals surface area contributed by atoms with Crippen molar-refractivity contribution in [2.75, 3.05) is 16.5 Å². The summed E-state index contributed by atoms with van der Waals surface area (Å²) >= 11 is 0. The number of fused-ring (bicyclic) bond motifs is 5. The van der Waals surface area contributed by atoms with Crippen molar-refractivity contribution in [3.63, 3.8) is 0 Å². The van der Waals surface area contributed by atoms with Crippen LogP contribution in [0.15, 0.2) is 164 Å². The molecule has 0 spiro atoms. The Hall–Kier alpha value is -7.11. The van der Waals surface area contributed by atoms with E-state index in [2.05, 4.69) is 123 Å². The molecular formula is C65H66N4O. The third-order valence-electron chi connectivity index (χ3n) is 14.5. The smallest absolute Gasteiger partial charge is 0.137 e. The maximum absolute atomic E-state index is 9.66. The van der Waals surface area contributed by atoms with Crippen LogP contribution in [0.3, 0.4) is 0 Å². The third kappa shape index (κ3) is 8.13. The van der Waals surface area contributed by atoms with E-state index < -0.39 is 48.9 Å². The maximum Gasteiger partial charge on any atom is 0.137 e. The normalized spacial score (nSPS) is 17.4. The van der Waals surface area contributed by atoms with E-state index in [1.807, 2.05) is 72.9 Å². The fourth-order valence-corrected chi connectivity index (χ4v) is 10.7. The molecule has 5 heteroatoms. The summed E-state index contributed by atoms with van der Waals surface area (Å²) in [6, 6.07) is 42.2. The van der Waals surface area contributed by atoms with Crippen molar-refractivity contribution in [2.24, 2.45) is 5.92 Å². The first-order valence-corrected chi connectivity index (χ1v) is 24.5. The first kappa shape index (κ1) is 35.9. The van der Waals surface area contributed by atoms with Gasteiger partial charge in [0, 0.05) is 52.8 Å². The predicted octanol–water partition coefficient (Wildman–Crippen LogP) is 17.7. The Morgan fingerprint density at radius 1 is 0.700 bits per heavy atom. The molecule has 5 nitrogen and oxygen atoms in total. The average molecular weight is 928 g/mol. The van der Waals surface area contributed by atoms with Crippen molar-refractivity contribution in [3.8, 4) is 39.6 Å². The summed E-state index contributed by atoms with van der Waals surface area (Å²) in [6.45, 7) is 16.5. The second-order valence-corrected chi connectivity index (χ2v) is 21.8. The lowest BCUT2D eigenvalue weighted by Crippen LogP contribution is -2.33. The van der Waals surface area contributed by atoms with E-state index in [-0.39, 0.29) is 39.6 Å². The average Bonchev–Trinajstić information content (AvgIpc) is 4.14. The number of hydrogen-bond acceptors (Lipinski definition) is 4. The van der Waals surface area contributed by atoms with E-state index >= 15 is 0 Å². The quantitative estimate of drug-likeness (QED) is 0.144. The molecular weight excluding hydrogens is 853 g/mol. The van der Waals surface area contributed by atoms with Crippen LogP contribution in [-0.4, -0.2) is 16.2 Å². The van der Waals surface area contributed by atoms with Gasteiger partial charge in [-0.15, -0.1) is 0 Å². The first-order valence-electron chi connectivity index (χ1n) is 29.0. The molecule has 1 aliphatic carbocycles. The Morgan fingerprint density at radius 2 is 1.41 bits per heavy atom. The number of rotatable bonds is 9. The van der Waals surface area contributed by atoms with Gasteiger partial charge in [0.15, 0.2) is 0 Å². The van der Waals surface area contributed by atoms with Crippen LogP contribution in [0.4, 0.5) is 22.7 Å². The lowest BCUT2D eigenvalue weighted by atomic mass is 9.63. The molecule has 0 radical (unpaired) electrons. The molecule has 0 N–H and O–H groups in total. The van der Waals surface area contributed by atoms with E-state index in [1.165, 1.54) is 16.7 Å². The summed E-state index contributed by atoms with van der Waals surface area (Å²) in [6.07, 6.45) is 1.91. The van der Waals surface area contributed by atoms with Gasteiger partial charge in [0.25, 0.3) is 0 Å². The van der Waals surface area contributed by atoms with Gasteiger partial charge in [-0.1, -0.05) is 147 Å². The molecule has 0 amide bonds. The molecule has 0 fully saturated rings. The van der Waals surface area contributed by atoms with Gasteiger partial charge in [-0.2, -0.15) is 0 Å². The topological polar surface area (TPSA) is 33.5 Å². The molecule has 9 aromatic rings. The lowest BCUT2D eigenvalue weighted by molar-refractivity contribution is 0.332. The Kier molecular flexibility index (Phi) is 8.77. The number of ether oxygens (including phenoxy) is 1. The molecule has 2 aliphatic rings. The van der Waals surface area contributed by atoms with Crippen LogP contribution in [0.25, 0.3) is 49.9 Å². The number of para-hydroxylation sites is 3. The first-order chi connectivity index (χ1) is 37.2. The number of anilines is 4. The number of aromatic nitrogens is 2. The van der Waals surface area contributed by atoms with Gasteiger partial charge < -0.3 is 14.5 Å². The molecule has 352 valence electrons. The molecule has 1 aliphatic heterocycles. The second-order valence-electron chi connectivity index (χ2n) is 21.8. The van der Waals surface area contributed by atoms with Crippen molar-refractivity contribution in [3.05, 3.63) is 192 Å². The number of pyridine rings is 1. The summed E-state index contributed by atoms with van der Waals surface area (Å²) in [5, 5.41) is 2.18. The summed E-state index contributed by atoms with van der Waals surface area (Å²) in [7, 11) is 0. The Labute approximate surface area is 428 Å². The van der Waals surface area contributed by atoms with Gasteiger partial charge >= 0.3 is 0 Å². The largest absolute Gasteiger partial charge is 0.457 e. The van der Waals surface area contributed by atoms with Gasteiger partial charge in [0.2, 0.25) is 0 Å². The van der Waals surface area contributed by atoms with Gasteiger partial charge in [0.05, 0.1) is 33.6 Å². The van der Waals surface area contributed by atoms with E-state index in [0.29, 0.717) is 22.7 Å². The fourth-order valence-electron chi connectivity index (χ4n) is 10.7. The van der Waals surface area contributed by atoms with Crippen LogP contribution in [0.5, 0.6) is 11.5 Å². The molecule has 70 heavy (non-hydrogen) atoms. The minimum absolute atomic E-state index is 0.0806. The summed E-state index contributed by atoms with van der Waals surface area (Å²) < 4.78 is 90.8. The Morgan fingerprint density at radius 3 is 2.19 bits per heavy atom. The third-order valence-corrected chi connectivity index (χ3v) is 14.5. The molecule has 0 saturated heterocycles. The van der Waals surface area contributed by atoms with Crippen LogP contribution in [-0.2, 0) is 22.6 Å². The molecule has 3 heterocycles. The highest BCUT2D eigenvalue weighted by atomic mass is 16.5. The zero-order chi connectivity index (χ0) is 56.5. The minimum atomic E-state index is -2.96. The van der Waals surface area contributed by atoms with Gasteiger partial charge in [0.1, 0.15) is 24.0 Å². The molecule has 11 rings (SSSR count). The van der Waals surface area contributed by atoms with Crippen LogP contribution in [0, 0.1) is 12.8 Å². The van der Waals surface area contributed by atoms with E-state index in [1.54, 1.807) is 19.9 Å². The second kappa shape index (κ2) is 17.1. The highest BCUT2D eigenvalue weighted by molar-refractivity contribution is 6.09. The van der Waals surface area contributed by atoms with Crippen LogP contribution < -0.4 is 14.5 Å². The molecule has 2 aromatic heterocycles. The molecule has 0 bridgehead atoms. The molecule has 0 saturated carbocycles. The van der Waals surface area contributed by atoms with E-state index in [9.17, 15) is 5.48 Å². The van der Waals surface area contributed by atoms with Crippen molar-refractivity contribution < 1.29 is 17.1 Å². The van der Waals surface area contributed by atoms with Crippen LogP contribution in [0.1, 0.15) is 115 Å². The zero-order valence-electron chi connectivity index (χ0n) is 50.7. The molecule has 0 unspecified atom stereocenters. The SMILES string of the molecule is [2H]c1c([2H])c(-c2cc(C([2H])([2H])C(C)C)cc(-c3ccc4c(c3)C(C)(C)CCC4(C)C)c2N2CN(c3cccc(Oc4ccc5c6ccccc6n(-c6cc(C(C)(C)C)ccn6)c5c4)c3)c3ccccc32)c([2H])c(C([2H])([2H])[2H])c1[2H]. The highest BCUT2D eigenvalue weighted by Crippen LogP contribution is 2.53. The summed E-state index contributed by atoms with van der Waals surface area (Å²) in [5.41, 5.74) is 9.29. The number of hydrogen-bond donors (Lipinski definition) is 0. The summed E-state index contributed by atoms with van der Waals surface area (Å²) in [4.78, 5) is 9.13. The summed E-state index contributed by atoms with van der Waals surface area (Å²) in [5.74, 6) is 1.54. The van der Waals surface area contributed by atoms with Crippen molar-refractivity contribution >= 4 is 44.6 Å². The number of benzene rings is 7. The molecule has 0 atom stereocenters. The lowest BCUT2D eigenvalue weighted by Gasteiger charge is -2.42. The van der Waals surface area contributed by atoms with Gasteiger partial charge in [-0.25, -0.2) is 4.98 Å². The van der Waals surface area contributed by atoms with Crippen molar-refractivity contribution in [1.82, 2.24) is 9.55 Å². The number of nitrogens with zero attached hydrogens (tertiary/aromatic N) is 4. The minimum Gasteiger partial charge on any atom is -0.457 e. The van der Waals surface area contributed by atoms with Crippen molar-refractivity contribution in [2.45, 2.75) is 105 Å². The van der Waals surface area contributed by atoms with Crippen LogP contribution in [0.2, 0.25) is 0 Å². The monoisotopic (exact) mass is 928 g/mol. The maximum atomic E-state index is 9.66. The van der Waals surface area contributed by atoms with Gasteiger partial charge in [-0.3, -0.25) is 4.57 Å².